The number of hydrogen-bond acceptors (Lipinski definition) is 4. The maximum absolute atomic E-state index is 12.4. The van der Waals surface area contributed by atoms with Crippen molar-refractivity contribution in [2.45, 2.75) is 6.92 Å². The van der Waals surface area contributed by atoms with Gasteiger partial charge in [-0.15, -0.1) is 0 Å². The first-order valence-corrected chi connectivity index (χ1v) is 8.49. The Morgan fingerprint density at radius 1 is 0.926 bits per heavy atom. The number of amides is 1. The first-order valence-electron chi connectivity index (χ1n) is 8.49. The molecule has 0 aliphatic heterocycles. The lowest BCUT2D eigenvalue weighted by Gasteiger charge is -2.06. The van der Waals surface area contributed by atoms with Crippen LogP contribution in [0.5, 0.6) is 0 Å². The van der Waals surface area contributed by atoms with Crippen molar-refractivity contribution in [3.63, 3.8) is 0 Å². The van der Waals surface area contributed by atoms with Gasteiger partial charge in [-0.2, -0.15) is 5.10 Å². The number of rotatable bonds is 3. The third-order valence-corrected chi connectivity index (χ3v) is 4.39. The van der Waals surface area contributed by atoms with Gasteiger partial charge in [0.15, 0.2) is 0 Å². The zero-order chi connectivity index (χ0) is 18.8. The molecule has 0 radical (unpaired) electrons. The van der Waals surface area contributed by atoms with Gasteiger partial charge in [-0.1, -0.05) is 48.5 Å². The zero-order valence-electron chi connectivity index (χ0n) is 14.6. The van der Waals surface area contributed by atoms with Crippen LogP contribution in [0.2, 0.25) is 0 Å². The van der Waals surface area contributed by atoms with Crippen LogP contribution in [0.4, 0.5) is 0 Å². The zero-order valence-corrected chi connectivity index (χ0v) is 14.6. The van der Waals surface area contributed by atoms with Crippen molar-refractivity contribution in [3.05, 3.63) is 94.3 Å². The van der Waals surface area contributed by atoms with E-state index in [1.54, 1.807) is 43.3 Å². The van der Waals surface area contributed by atoms with E-state index in [0.29, 0.717) is 22.4 Å². The summed E-state index contributed by atoms with van der Waals surface area (Å²) in [6.45, 7) is 1.66. The molecule has 132 valence electrons. The summed E-state index contributed by atoms with van der Waals surface area (Å²) in [5.74, 6) is -0.342. The van der Waals surface area contributed by atoms with Crippen LogP contribution < -0.4 is 11.1 Å². The predicted molar refractivity (Wildman–Crippen MR) is 106 cm³/mol. The lowest BCUT2D eigenvalue weighted by Crippen LogP contribution is -2.21. The smallest absolute Gasteiger partial charge is 0.345 e. The van der Waals surface area contributed by atoms with Crippen LogP contribution >= 0.6 is 0 Å². The molecule has 0 unspecified atom stereocenters. The van der Waals surface area contributed by atoms with Crippen molar-refractivity contribution in [1.29, 1.82) is 0 Å². The molecule has 1 aromatic heterocycles. The van der Waals surface area contributed by atoms with Gasteiger partial charge in [0.05, 0.1) is 11.3 Å². The highest BCUT2D eigenvalue weighted by molar-refractivity contribution is 6.09. The molecule has 0 bridgehead atoms. The molecular weight excluding hydrogens is 340 g/mol. The summed E-state index contributed by atoms with van der Waals surface area (Å²) in [6, 6.07) is 22.1. The number of nitrogens with one attached hydrogen (secondary N) is 1. The maximum atomic E-state index is 12.4. The van der Waals surface area contributed by atoms with Gasteiger partial charge in [0.25, 0.3) is 5.91 Å². The molecule has 0 atom stereocenters. The Bertz CT molecular complexity index is 1240. The highest BCUT2D eigenvalue weighted by Gasteiger charge is 2.11. The first-order chi connectivity index (χ1) is 13.1. The normalized spacial score (nSPS) is 11.7. The van der Waals surface area contributed by atoms with E-state index in [1.165, 1.54) is 0 Å². The summed E-state index contributed by atoms with van der Waals surface area (Å²) < 4.78 is 5.46. The van der Waals surface area contributed by atoms with Crippen molar-refractivity contribution in [3.8, 4) is 0 Å². The lowest BCUT2D eigenvalue weighted by atomic mass is 10.0. The van der Waals surface area contributed by atoms with Crippen LogP contribution in [0.3, 0.4) is 0 Å². The second-order valence-corrected chi connectivity index (χ2v) is 6.15. The van der Waals surface area contributed by atoms with Gasteiger partial charge >= 0.3 is 5.63 Å². The highest BCUT2D eigenvalue weighted by Crippen LogP contribution is 2.25. The third-order valence-electron chi connectivity index (χ3n) is 4.39. The van der Waals surface area contributed by atoms with Gasteiger partial charge in [0.1, 0.15) is 5.58 Å². The second kappa shape index (κ2) is 6.88. The number of carbonyl (C=O) groups excluding carboxylic acids is 1. The average Bonchev–Trinajstić information content (AvgIpc) is 2.71. The lowest BCUT2D eigenvalue weighted by molar-refractivity contribution is 0.0955. The standard InChI is InChI=1S/C22H16N2O3/c1-14(23-24-21(25)16-8-3-2-4-9-16)18-13-19-17-10-6-5-7-15(17)11-12-20(19)27-22(18)26/h2-13H,1H3,(H,24,25). The van der Waals surface area contributed by atoms with E-state index in [1.807, 2.05) is 36.4 Å². The van der Waals surface area contributed by atoms with Crippen LogP contribution in [0.15, 0.2) is 87.1 Å². The monoisotopic (exact) mass is 356 g/mol. The molecule has 1 heterocycles. The molecule has 0 spiro atoms. The van der Waals surface area contributed by atoms with E-state index in [0.717, 1.165) is 16.2 Å². The molecule has 3 aromatic carbocycles. The van der Waals surface area contributed by atoms with E-state index in [4.69, 9.17) is 4.42 Å². The maximum Gasteiger partial charge on any atom is 0.345 e. The summed E-state index contributed by atoms with van der Waals surface area (Å²) in [5, 5.41) is 6.94. The van der Waals surface area contributed by atoms with Gasteiger partial charge < -0.3 is 4.42 Å². The molecule has 0 saturated heterocycles. The largest absolute Gasteiger partial charge is 0.422 e. The van der Waals surface area contributed by atoms with E-state index in [2.05, 4.69) is 10.5 Å². The van der Waals surface area contributed by atoms with Gasteiger partial charge in [-0.3, -0.25) is 4.79 Å². The van der Waals surface area contributed by atoms with Gasteiger partial charge in [-0.25, -0.2) is 10.2 Å². The molecule has 4 aromatic rings. The predicted octanol–water partition coefficient (Wildman–Crippen LogP) is 4.10. The number of benzene rings is 3. The Labute approximate surface area is 154 Å². The van der Waals surface area contributed by atoms with Gasteiger partial charge in [0, 0.05) is 10.9 Å². The molecule has 0 saturated carbocycles. The van der Waals surface area contributed by atoms with Crippen LogP contribution in [0.25, 0.3) is 21.7 Å². The van der Waals surface area contributed by atoms with Crippen molar-refractivity contribution >= 4 is 33.4 Å². The molecule has 27 heavy (non-hydrogen) atoms. The van der Waals surface area contributed by atoms with Crippen LogP contribution in [0.1, 0.15) is 22.8 Å². The molecule has 1 N–H and O–H groups in total. The van der Waals surface area contributed by atoms with Crippen LogP contribution in [0, 0.1) is 0 Å². The number of carbonyl (C=O) groups is 1. The Kier molecular flexibility index (Phi) is 4.26. The number of hydrogen-bond donors (Lipinski definition) is 1. The molecule has 0 aliphatic rings. The molecule has 5 heteroatoms. The first kappa shape index (κ1) is 16.7. The minimum atomic E-state index is -0.493. The molecule has 4 rings (SSSR count). The van der Waals surface area contributed by atoms with Crippen LogP contribution in [-0.2, 0) is 0 Å². The van der Waals surface area contributed by atoms with Gasteiger partial charge in [0.2, 0.25) is 0 Å². The van der Waals surface area contributed by atoms with Crippen molar-refractivity contribution in [2.24, 2.45) is 5.10 Å². The van der Waals surface area contributed by atoms with Crippen molar-refractivity contribution in [2.75, 3.05) is 0 Å². The molecule has 5 nitrogen and oxygen atoms in total. The topological polar surface area (TPSA) is 71.7 Å². The van der Waals surface area contributed by atoms with E-state index < -0.39 is 5.63 Å². The van der Waals surface area contributed by atoms with Gasteiger partial charge in [-0.05, 0) is 42.0 Å². The Balaban J connectivity index is 1.74. The minimum absolute atomic E-state index is 0.312. The summed E-state index contributed by atoms with van der Waals surface area (Å²) in [6.07, 6.45) is 0. The fourth-order valence-electron chi connectivity index (χ4n) is 2.97. The number of hydrazone groups is 1. The van der Waals surface area contributed by atoms with E-state index in [-0.39, 0.29) is 5.91 Å². The quantitative estimate of drug-likeness (QED) is 0.260. The molecule has 0 aliphatic carbocycles. The molecule has 1 amide bonds. The van der Waals surface area contributed by atoms with Crippen molar-refractivity contribution < 1.29 is 9.21 Å². The van der Waals surface area contributed by atoms with Crippen LogP contribution in [-0.4, -0.2) is 11.6 Å². The molecule has 0 fully saturated rings. The Morgan fingerprint density at radius 2 is 1.67 bits per heavy atom. The summed E-state index contributed by atoms with van der Waals surface area (Å²) >= 11 is 0. The second-order valence-electron chi connectivity index (χ2n) is 6.15. The fourth-order valence-corrected chi connectivity index (χ4v) is 2.97. The van der Waals surface area contributed by atoms with E-state index in [9.17, 15) is 9.59 Å². The average molecular weight is 356 g/mol. The Hall–Kier alpha value is -3.73. The molecular formula is C22H16N2O3. The fraction of sp³-hybridized carbons (Fsp3) is 0.0455. The Morgan fingerprint density at radius 3 is 2.48 bits per heavy atom. The minimum Gasteiger partial charge on any atom is -0.422 e. The third kappa shape index (κ3) is 3.22. The number of nitrogens with zero attached hydrogens (tertiary/aromatic N) is 1. The van der Waals surface area contributed by atoms with E-state index >= 15 is 0 Å². The summed E-state index contributed by atoms with van der Waals surface area (Å²) in [4.78, 5) is 24.5. The summed E-state index contributed by atoms with van der Waals surface area (Å²) in [5.41, 5.74) is 3.68. The summed E-state index contributed by atoms with van der Waals surface area (Å²) in [7, 11) is 0. The highest BCUT2D eigenvalue weighted by atomic mass is 16.4. The SMILES string of the molecule is CC(=NNC(=O)c1ccccc1)c1cc2c(ccc3ccccc32)oc1=O. The number of fused-ring (bicyclic) bond motifs is 3. The van der Waals surface area contributed by atoms with Crippen molar-refractivity contribution in [1.82, 2.24) is 5.43 Å².